The van der Waals surface area contributed by atoms with Gasteiger partial charge in [-0.05, 0) is 19.1 Å². The van der Waals surface area contributed by atoms with E-state index in [0.29, 0.717) is 0 Å². The van der Waals surface area contributed by atoms with Gasteiger partial charge in [0.1, 0.15) is 6.20 Å². The molecule has 0 aromatic carbocycles. The maximum Gasteiger partial charge on any atom is 0.337 e. The summed E-state index contributed by atoms with van der Waals surface area (Å²) in [5.74, 6) is -0.993. The van der Waals surface area contributed by atoms with Gasteiger partial charge in [0.2, 0.25) is 0 Å². The molecule has 1 N–H and O–H groups in total. The minimum atomic E-state index is -0.993. The molecule has 0 bridgehead atoms. The molecular weight excluding hydrogens is 130 g/mol. The number of aromatic nitrogens is 1. The SMILES string of the molecule is Cc1ccc(C(=O)O)[c]n1. The van der Waals surface area contributed by atoms with Crippen molar-refractivity contribution in [3.63, 3.8) is 0 Å². The molecule has 0 fully saturated rings. The smallest absolute Gasteiger partial charge is 0.337 e. The van der Waals surface area contributed by atoms with Gasteiger partial charge in [0.05, 0.1) is 5.56 Å². The minimum absolute atomic E-state index is 0.102. The van der Waals surface area contributed by atoms with Crippen molar-refractivity contribution < 1.29 is 9.90 Å². The van der Waals surface area contributed by atoms with Gasteiger partial charge in [-0.1, -0.05) is 0 Å². The predicted octanol–water partition coefficient (Wildman–Crippen LogP) is 0.888. The van der Waals surface area contributed by atoms with Crippen LogP contribution in [0.4, 0.5) is 0 Å². The van der Waals surface area contributed by atoms with E-state index < -0.39 is 5.97 Å². The summed E-state index contributed by atoms with van der Waals surface area (Å²) in [6.45, 7) is 1.78. The Balaban J connectivity index is 3.00. The summed E-state index contributed by atoms with van der Waals surface area (Å²) in [6.07, 6.45) is 2.39. The Kier molecular flexibility index (Phi) is 1.67. The molecule has 1 aromatic heterocycles. The van der Waals surface area contributed by atoms with E-state index >= 15 is 0 Å². The normalized spacial score (nSPS) is 9.30. The number of hydrogen-bond donors (Lipinski definition) is 1. The van der Waals surface area contributed by atoms with E-state index in [1.54, 1.807) is 13.0 Å². The molecule has 1 aromatic rings. The highest BCUT2D eigenvalue weighted by Gasteiger charge is 2.00. The maximum absolute atomic E-state index is 10.2. The number of aromatic carboxylic acids is 1. The van der Waals surface area contributed by atoms with Crippen molar-refractivity contribution in [1.82, 2.24) is 4.98 Å². The quantitative estimate of drug-likeness (QED) is 0.623. The maximum atomic E-state index is 10.2. The van der Waals surface area contributed by atoms with Crippen molar-refractivity contribution in [3.8, 4) is 0 Å². The van der Waals surface area contributed by atoms with E-state index in [-0.39, 0.29) is 5.56 Å². The van der Waals surface area contributed by atoms with Crippen LogP contribution in [0.5, 0.6) is 0 Å². The zero-order valence-corrected chi connectivity index (χ0v) is 5.46. The van der Waals surface area contributed by atoms with E-state index in [1.807, 2.05) is 0 Å². The van der Waals surface area contributed by atoms with E-state index in [1.165, 1.54) is 6.07 Å². The molecule has 0 atom stereocenters. The summed E-state index contributed by atoms with van der Waals surface area (Å²) in [7, 11) is 0. The zero-order chi connectivity index (χ0) is 7.56. The first-order valence-electron chi connectivity index (χ1n) is 2.79. The molecule has 0 spiro atoms. The van der Waals surface area contributed by atoms with Crippen molar-refractivity contribution in [2.75, 3.05) is 0 Å². The minimum Gasteiger partial charge on any atom is -0.478 e. The molecular formula is C7H6NO2. The summed E-state index contributed by atoms with van der Waals surface area (Å²) in [5.41, 5.74) is 0.871. The molecule has 1 heterocycles. The number of carbonyl (C=O) groups is 1. The molecule has 1 radical (unpaired) electrons. The molecule has 0 amide bonds. The van der Waals surface area contributed by atoms with Crippen LogP contribution >= 0.6 is 0 Å². The lowest BCUT2D eigenvalue weighted by Crippen LogP contribution is -1.97. The Morgan fingerprint density at radius 1 is 1.70 bits per heavy atom. The highest BCUT2D eigenvalue weighted by Crippen LogP contribution is 1.96. The van der Waals surface area contributed by atoms with E-state index in [4.69, 9.17) is 5.11 Å². The molecule has 0 aliphatic rings. The first-order chi connectivity index (χ1) is 4.70. The first kappa shape index (κ1) is 6.74. The second-order valence-electron chi connectivity index (χ2n) is 1.92. The van der Waals surface area contributed by atoms with Gasteiger partial charge in [-0.2, -0.15) is 0 Å². The van der Waals surface area contributed by atoms with Crippen molar-refractivity contribution in [3.05, 3.63) is 29.6 Å². The number of aryl methyl sites for hydroxylation is 1. The van der Waals surface area contributed by atoms with E-state index in [2.05, 4.69) is 11.2 Å². The van der Waals surface area contributed by atoms with Gasteiger partial charge in [-0.15, -0.1) is 0 Å². The summed E-state index contributed by atoms with van der Waals surface area (Å²) >= 11 is 0. The van der Waals surface area contributed by atoms with Crippen LogP contribution in [0.2, 0.25) is 0 Å². The zero-order valence-electron chi connectivity index (χ0n) is 5.46. The molecule has 0 saturated heterocycles. The number of hydrogen-bond acceptors (Lipinski definition) is 2. The topological polar surface area (TPSA) is 50.2 Å². The summed E-state index contributed by atoms with van der Waals surface area (Å²) in [4.78, 5) is 13.9. The Morgan fingerprint density at radius 2 is 2.40 bits per heavy atom. The largest absolute Gasteiger partial charge is 0.478 e. The van der Waals surface area contributed by atoms with Gasteiger partial charge in [-0.3, -0.25) is 4.98 Å². The van der Waals surface area contributed by atoms with Crippen LogP contribution < -0.4 is 0 Å². The van der Waals surface area contributed by atoms with Gasteiger partial charge >= 0.3 is 5.97 Å². The monoisotopic (exact) mass is 136 g/mol. The van der Waals surface area contributed by atoms with E-state index in [9.17, 15) is 4.79 Å². The van der Waals surface area contributed by atoms with Crippen molar-refractivity contribution in [2.45, 2.75) is 6.92 Å². The average molecular weight is 136 g/mol. The summed E-state index contributed by atoms with van der Waals surface area (Å²) < 4.78 is 0. The number of pyridine rings is 1. The number of rotatable bonds is 1. The fourth-order valence-corrected chi connectivity index (χ4v) is 0.546. The standard InChI is InChI=1S/C7H6NO2/c1-5-2-3-6(4-8-5)7(9)10/h2-3H,1H3,(H,9,10). The van der Waals surface area contributed by atoms with Crippen LogP contribution in [0.25, 0.3) is 0 Å². The van der Waals surface area contributed by atoms with Gasteiger partial charge in [0.15, 0.2) is 0 Å². The first-order valence-corrected chi connectivity index (χ1v) is 2.79. The molecule has 3 heteroatoms. The average Bonchev–Trinajstić information content (AvgIpc) is 1.88. The number of carboxylic acid groups (broad SMARTS) is 1. The molecule has 51 valence electrons. The Bertz CT molecular complexity index is 240. The lowest BCUT2D eigenvalue weighted by atomic mass is 10.3. The Morgan fingerprint density at radius 3 is 2.80 bits per heavy atom. The molecule has 1 rings (SSSR count). The summed E-state index contributed by atoms with van der Waals surface area (Å²) in [6, 6.07) is 3.12. The summed E-state index contributed by atoms with van der Waals surface area (Å²) in [5, 5.41) is 8.40. The van der Waals surface area contributed by atoms with Crippen LogP contribution in [0, 0.1) is 13.1 Å². The third kappa shape index (κ3) is 1.31. The highest BCUT2D eigenvalue weighted by atomic mass is 16.4. The van der Waals surface area contributed by atoms with Gasteiger partial charge in [-0.25, -0.2) is 4.79 Å². The molecule has 10 heavy (non-hydrogen) atoms. The second-order valence-corrected chi connectivity index (χ2v) is 1.92. The highest BCUT2D eigenvalue weighted by molar-refractivity contribution is 5.86. The Hall–Kier alpha value is -1.38. The van der Waals surface area contributed by atoms with Crippen molar-refractivity contribution >= 4 is 5.97 Å². The third-order valence-electron chi connectivity index (χ3n) is 1.07. The fraction of sp³-hybridized carbons (Fsp3) is 0.143. The van der Waals surface area contributed by atoms with Crippen LogP contribution in [0.15, 0.2) is 12.1 Å². The van der Waals surface area contributed by atoms with Crippen LogP contribution in [0.1, 0.15) is 16.1 Å². The third-order valence-corrected chi connectivity index (χ3v) is 1.07. The van der Waals surface area contributed by atoms with Crippen molar-refractivity contribution in [1.29, 1.82) is 0 Å². The lowest BCUT2D eigenvalue weighted by Gasteiger charge is -1.91. The predicted molar refractivity (Wildman–Crippen MR) is 34.8 cm³/mol. The molecule has 3 nitrogen and oxygen atoms in total. The molecule has 0 unspecified atom stereocenters. The van der Waals surface area contributed by atoms with Gasteiger partial charge in [0.25, 0.3) is 0 Å². The van der Waals surface area contributed by atoms with E-state index in [0.717, 1.165) is 5.69 Å². The fourth-order valence-electron chi connectivity index (χ4n) is 0.546. The molecule has 0 aliphatic heterocycles. The van der Waals surface area contributed by atoms with Gasteiger partial charge < -0.3 is 5.11 Å². The van der Waals surface area contributed by atoms with Crippen molar-refractivity contribution in [2.24, 2.45) is 0 Å². The molecule has 0 saturated carbocycles. The number of nitrogens with zero attached hydrogens (tertiary/aromatic N) is 1. The van der Waals surface area contributed by atoms with Crippen LogP contribution in [0.3, 0.4) is 0 Å². The van der Waals surface area contributed by atoms with Crippen LogP contribution in [-0.4, -0.2) is 16.1 Å². The Labute approximate surface area is 58.3 Å². The van der Waals surface area contributed by atoms with Crippen LogP contribution in [-0.2, 0) is 0 Å². The number of carboxylic acids is 1. The second kappa shape index (κ2) is 2.47. The van der Waals surface area contributed by atoms with Gasteiger partial charge in [0, 0.05) is 5.69 Å². The molecule has 0 aliphatic carbocycles. The lowest BCUT2D eigenvalue weighted by molar-refractivity contribution is 0.0696.